The molecule has 1 amide bonds. The average Bonchev–Trinajstić information content (AvgIpc) is 3.06. The molecule has 0 saturated heterocycles. The molecule has 7 heteroatoms. The molecule has 144 valence electrons. The lowest BCUT2D eigenvalue weighted by Gasteiger charge is -2.09. The van der Waals surface area contributed by atoms with Gasteiger partial charge in [-0.05, 0) is 18.2 Å². The van der Waals surface area contributed by atoms with E-state index in [1.165, 1.54) is 28.9 Å². The van der Waals surface area contributed by atoms with Crippen LogP contribution in [0.4, 0.5) is 5.00 Å². The van der Waals surface area contributed by atoms with Gasteiger partial charge in [-0.2, -0.15) is 0 Å². The number of hydrogen-bond acceptors (Lipinski definition) is 4. The van der Waals surface area contributed by atoms with Crippen LogP contribution in [-0.4, -0.2) is 16.3 Å². The molecule has 4 aromatic rings. The number of carbonyl (C=O) groups is 2. The van der Waals surface area contributed by atoms with E-state index in [0.717, 1.165) is 0 Å². The first-order chi connectivity index (χ1) is 14.0. The van der Waals surface area contributed by atoms with Crippen LogP contribution < -0.4 is 10.9 Å². The molecule has 2 aromatic heterocycles. The van der Waals surface area contributed by atoms with Crippen molar-refractivity contribution in [3.05, 3.63) is 93.2 Å². The zero-order chi connectivity index (χ0) is 20.5. The molecule has 5 nitrogen and oxygen atoms in total. The van der Waals surface area contributed by atoms with Crippen LogP contribution in [0, 0.1) is 0 Å². The summed E-state index contributed by atoms with van der Waals surface area (Å²) in [5.41, 5.74) is 1.08. The standard InChI is InChI=1S/C22H15ClN2O3S/c1-13(26)24-21-19(20(28)14-7-3-2-4-8-14)15-11-12-18(27)25(22(15)29-21)17-10-6-5-9-16(17)23/h2-12H,1H3,(H,24,26). The van der Waals surface area contributed by atoms with Gasteiger partial charge in [-0.15, -0.1) is 0 Å². The Kier molecular flexibility index (Phi) is 5.05. The van der Waals surface area contributed by atoms with Crippen LogP contribution in [0.5, 0.6) is 0 Å². The summed E-state index contributed by atoms with van der Waals surface area (Å²) in [5.74, 6) is -0.532. The predicted molar refractivity (Wildman–Crippen MR) is 117 cm³/mol. The lowest BCUT2D eigenvalue weighted by atomic mass is 10.0. The van der Waals surface area contributed by atoms with E-state index in [0.29, 0.717) is 37.1 Å². The molecule has 0 bridgehead atoms. The first-order valence-electron chi connectivity index (χ1n) is 8.78. The number of carbonyl (C=O) groups excluding carboxylic acids is 2. The van der Waals surface area contributed by atoms with Crippen LogP contribution in [0.15, 0.2) is 71.5 Å². The van der Waals surface area contributed by atoms with Gasteiger partial charge in [0, 0.05) is 23.9 Å². The third kappa shape index (κ3) is 3.48. The third-order valence-electron chi connectivity index (χ3n) is 4.39. The maximum Gasteiger partial charge on any atom is 0.256 e. The molecule has 4 rings (SSSR count). The lowest BCUT2D eigenvalue weighted by molar-refractivity contribution is -0.114. The molecule has 0 unspecified atom stereocenters. The van der Waals surface area contributed by atoms with Gasteiger partial charge in [-0.1, -0.05) is 65.4 Å². The van der Waals surface area contributed by atoms with E-state index < -0.39 is 0 Å². The summed E-state index contributed by atoms with van der Waals surface area (Å²) in [6, 6.07) is 18.8. The van der Waals surface area contributed by atoms with E-state index in [4.69, 9.17) is 11.6 Å². The van der Waals surface area contributed by atoms with Crippen molar-refractivity contribution in [1.29, 1.82) is 0 Å². The van der Waals surface area contributed by atoms with Crippen LogP contribution in [0.2, 0.25) is 5.02 Å². The summed E-state index contributed by atoms with van der Waals surface area (Å²) in [4.78, 5) is 38.3. The fraction of sp³-hybridized carbons (Fsp3) is 0.0455. The number of rotatable bonds is 4. The highest BCUT2D eigenvalue weighted by molar-refractivity contribution is 7.23. The van der Waals surface area contributed by atoms with E-state index in [-0.39, 0.29) is 17.2 Å². The summed E-state index contributed by atoms with van der Waals surface area (Å²) in [5, 5.41) is 4.12. The second-order valence-corrected chi connectivity index (χ2v) is 7.77. The zero-order valence-electron chi connectivity index (χ0n) is 15.3. The van der Waals surface area contributed by atoms with Crippen molar-refractivity contribution in [3.63, 3.8) is 0 Å². The minimum absolute atomic E-state index is 0.232. The Labute approximate surface area is 175 Å². The van der Waals surface area contributed by atoms with Gasteiger partial charge in [-0.25, -0.2) is 0 Å². The topological polar surface area (TPSA) is 68.2 Å². The second-order valence-electron chi connectivity index (χ2n) is 6.36. The number of anilines is 1. The number of fused-ring (bicyclic) bond motifs is 1. The normalized spacial score (nSPS) is 10.8. The molecular formula is C22H15ClN2O3S. The van der Waals surface area contributed by atoms with Crippen molar-refractivity contribution in [2.24, 2.45) is 0 Å². The van der Waals surface area contributed by atoms with Crippen LogP contribution in [0.3, 0.4) is 0 Å². The SMILES string of the molecule is CC(=O)Nc1sc2c(ccc(=O)n2-c2ccccc2Cl)c1C(=O)c1ccccc1. The van der Waals surface area contributed by atoms with Crippen LogP contribution in [0.25, 0.3) is 15.9 Å². The van der Waals surface area contributed by atoms with Crippen molar-refractivity contribution in [2.45, 2.75) is 6.92 Å². The van der Waals surface area contributed by atoms with Gasteiger partial charge in [0.2, 0.25) is 5.91 Å². The van der Waals surface area contributed by atoms with E-state index in [1.807, 2.05) is 6.07 Å². The van der Waals surface area contributed by atoms with Gasteiger partial charge < -0.3 is 5.32 Å². The number of nitrogens with zero attached hydrogens (tertiary/aromatic N) is 1. The van der Waals surface area contributed by atoms with Gasteiger partial charge >= 0.3 is 0 Å². The number of halogens is 1. The molecule has 1 N–H and O–H groups in total. The zero-order valence-corrected chi connectivity index (χ0v) is 16.9. The Morgan fingerprint density at radius 3 is 2.34 bits per heavy atom. The second kappa shape index (κ2) is 7.66. The highest BCUT2D eigenvalue weighted by Gasteiger charge is 2.24. The summed E-state index contributed by atoms with van der Waals surface area (Å²) in [6.45, 7) is 1.38. The largest absolute Gasteiger partial charge is 0.317 e. The quantitative estimate of drug-likeness (QED) is 0.476. The number of hydrogen-bond donors (Lipinski definition) is 1. The molecule has 0 spiro atoms. The molecule has 0 saturated carbocycles. The molecule has 2 aromatic carbocycles. The Balaban J connectivity index is 2.05. The number of pyridine rings is 1. The van der Waals surface area contributed by atoms with Crippen molar-refractivity contribution in [1.82, 2.24) is 4.57 Å². The van der Waals surface area contributed by atoms with Crippen LogP contribution in [0.1, 0.15) is 22.8 Å². The number of ketones is 1. The predicted octanol–water partition coefficient (Wildman–Crippen LogP) is 4.90. The molecule has 2 heterocycles. The molecule has 0 atom stereocenters. The van der Waals surface area contributed by atoms with E-state index in [2.05, 4.69) is 5.32 Å². The van der Waals surface area contributed by atoms with E-state index in [1.54, 1.807) is 54.6 Å². The van der Waals surface area contributed by atoms with E-state index in [9.17, 15) is 14.4 Å². The van der Waals surface area contributed by atoms with Gasteiger partial charge in [0.1, 0.15) is 9.83 Å². The number of benzene rings is 2. The van der Waals surface area contributed by atoms with Crippen LogP contribution in [-0.2, 0) is 4.79 Å². The van der Waals surface area contributed by atoms with Gasteiger partial charge in [0.25, 0.3) is 5.56 Å². The minimum atomic E-state index is -0.301. The summed E-state index contributed by atoms with van der Waals surface area (Å²) in [7, 11) is 0. The Morgan fingerprint density at radius 1 is 0.966 bits per heavy atom. The first kappa shape index (κ1) is 19.1. The average molecular weight is 423 g/mol. The fourth-order valence-corrected chi connectivity index (χ4v) is 4.62. The van der Waals surface area contributed by atoms with Gasteiger partial charge in [0.05, 0.1) is 16.3 Å². The lowest BCUT2D eigenvalue weighted by Crippen LogP contribution is -2.17. The smallest absolute Gasteiger partial charge is 0.256 e. The molecule has 0 fully saturated rings. The molecular weight excluding hydrogens is 408 g/mol. The summed E-state index contributed by atoms with van der Waals surface area (Å²) < 4.78 is 1.47. The number of aromatic nitrogens is 1. The van der Waals surface area contributed by atoms with Gasteiger partial charge in [-0.3, -0.25) is 19.0 Å². The van der Waals surface area contributed by atoms with Crippen molar-refractivity contribution < 1.29 is 9.59 Å². The number of para-hydroxylation sites is 1. The number of amides is 1. The highest BCUT2D eigenvalue weighted by Crippen LogP contribution is 2.38. The van der Waals surface area contributed by atoms with Crippen molar-refractivity contribution >= 4 is 49.8 Å². The minimum Gasteiger partial charge on any atom is -0.317 e. The highest BCUT2D eigenvalue weighted by atomic mass is 35.5. The van der Waals surface area contributed by atoms with Crippen LogP contribution >= 0.6 is 22.9 Å². The first-order valence-corrected chi connectivity index (χ1v) is 9.97. The van der Waals surface area contributed by atoms with Crippen molar-refractivity contribution in [2.75, 3.05) is 5.32 Å². The maximum absolute atomic E-state index is 13.3. The molecule has 0 aliphatic rings. The monoisotopic (exact) mass is 422 g/mol. The van der Waals surface area contributed by atoms with Gasteiger partial charge in [0.15, 0.2) is 5.78 Å². The Hall–Kier alpha value is -3.22. The molecule has 29 heavy (non-hydrogen) atoms. The summed E-state index contributed by atoms with van der Waals surface area (Å²) >= 11 is 7.50. The Morgan fingerprint density at radius 2 is 1.66 bits per heavy atom. The summed E-state index contributed by atoms with van der Waals surface area (Å²) in [6.07, 6.45) is 0. The van der Waals surface area contributed by atoms with E-state index >= 15 is 0 Å². The number of nitrogens with one attached hydrogen (secondary N) is 1. The maximum atomic E-state index is 13.3. The molecule has 0 radical (unpaired) electrons. The number of thiophene rings is 1. The van der Waals surface area contributed by atoms with Crippen molar-refractivity contribution in [3.8, 4) is 5.69 Å². The fourth-order valence-electron chi connectivity index (χ4n) is 3.15. The third-order valence-corrected chi connectivity index (χ3v) is 5.81. The molecule has 0 aliphatic carbocycles. The molecule has 0 aliphatic heterocycles. The Bertz CT molecular complexity index is 1310.